The predicted octanol–water partition coefficient (Wildman–Crippen LogP) is 3.92. The lowest BCUT2D eigenvalue weighted by molar-refractivity contribution is -0.0954. The lowest BCUT2D eigenvalue weighted by atomic mass is 10.2. The second kappa shape index (κ2) is 19.2. The van der Waals surface area contributed by atoms with Gasteiger partial charge in [-0.2, -0.15) is 0 Å². The van der Waals surface area contributed by atoms with Gasteiger partial charge in [-0.3, -0.25) is 0 Å². The molecule has 1 N–H and O–H groups in total. The third-order valence-electron chi connectivity index (χ3n) is 3.98. The zero-order valence-electron chi connectivity index (χ0n) is 19.2. The van der Waals surface area contributed by atoms with Crippen LogP contribution in [0.1, 0.15) is 53.9 Å². The molecule has 5 atom stereocenters. The van der Waals surface area contributed by atoms with E-state index >= 15 is 0 Å². The van der Waals surface area contributed by atoms with Crippen LogP contribution in [-0.2, 0) is 23.7 Å². The van der Waals surface area contributed by atoms with E-state index in [1.54, 1.807) is 6.92 Å². The summed E-state index contributed by atoms with van der Waals surface area (Å²) in [5, 5.41) is 9.21. The highest BCUT2D eigenvalue weighted by molar-refractivity contribution is 4.82. The summed E-state index contributed by atoms with van der Waals surface area (Å²) in [6.45, 7) is 16.3. The summed E-state index contributed by atoms with van der Waals surface area (Å²) in [5.41, 5.74) is 0. The number of aliphatic hydroxyl groups is 1. The first-order chi connectivity index (χ1) is 13.8. The van der Waals surface area contributed by atoms with Crippen LogP contribution in [0.4, 0.5) is 0 Å². The molecule has 0 amide bonds. The van der Waals surface area contributed by atoms with Crippen LogP contribution in [0.25, 0.3) is 0 Å². The van der Waals surface area contributed by atoms with Gasteiger partial charge in [0.2, 0.25) is 0 Å². The third-order valence-corrected chi connectivity index (χ3v) is 3.98. The summed E-state index contributed by atoms with van der Waals surface area (Å²) < 4.78 is 28.3. The topological polar surface area (TPSA) is 66.4 Å². The zero-order valence-corrected chi connectivity index (χ0v) is 19.2. The van der Waals surface area contributed by atoms with E-state index in [4.69, 9.17) is 23.7 Å². The van der Waals surface area contributed by atoms with Crippen LogP contribution in [0, 0.1) is 0 Å². The average Bonchev–Trinajstić information content (AvgIpc) is 2.69. The predicted molar refractivity (Wildman–Crippen MR) is 117 cm³/mol. The van der Waals surface area contributed by atoms with Crippen molar-refractivity contribution in [3.63, 3.8) is 0 Å². The first kappa shape index (κ1) is 28.2. The molecule has 0 aromatic heterocycles. The van der Waals surface area contributed by atoms with Crippen LogP contribution in [0.2, 0.25) is 0 Å². The molecule has 0 radical (unpaired) electrons. The summed E-state index contributed by atoms with van der Waals surface area (Å²) in [7, 11) is 0. The molecule has 0 bridgehead atoms. The maximum atomic E-state index is 9.21. The molecular weight excluding hydrogens is 372 g/mol. The SMILES string of the molecule is C=CCCCC=CCOCC(C)OCC(C)OCC(C)OCC(C)OCC(C)O. The molecule has 0 aliphatic rings. The van der Waals surface area contributed by atoms with E-state index in [1.165, 1.54) is 0 Å². The highest BCUT2D eigenvalue weighted by Crippen LogP contribution is 2.03. The Labute approximate surface area is 178 Å². The molecule has 29 heavy (non-hydrogen) atoms. The molecule has 0 saturated heterocycles. The van der Waals surface area contributed by atoms with Gasteiger partial charge >= 0.3 is 0 Å². The fraction of sp³-hybridized carbons (Fsp3) is 0.826. The Morgan fingerprint density at radius 2 is 1.17 bits per heavy atom. The quantitative estimate of drug-likeness (QED) is 0.240. The van der Waals surface area contributed by atoms with Crippen LogP contribution in [0.15, 0.2) is 24.8 Å². The standard InChI is InChI=1S/C23H44O6/c1-7-8-9-10-11-12-13-25-15-20(3)27-17-22(5)29-18-23(6)28-16-21(4)26-14-19(2)24/h7,11-12,19-24H,1,8-10,13-18H2,2-6H3. The molecule has 0 heterocycles. The molecule has 172 valence electrons. The molecule has 0 rings (SSSR count). The van der Waals surface area contributed by atoms with Crippen LogP contribution in [0.5, 0.6) is 0 Å². The number of hydrogen-bond donors (Lipinski definition) is 1. The zero-order chi connectivity index (χ0) is 21.9. The molecule has 0 saturated carbocycles. The van der Waals surface area contributed by atoms with E-state index in [2.05, 4.69) is 18.7 Å². The minimum Gasteiger partial charge on any atom is -0.391 e. The molecule has 0 aliphatic carbocycles. The normalized spacial score (nSPS) is 17.2. The average molecular weight is 417 g/mol. The van der Waals surface area contributed by atoms with Crippen molar-refractivity contribution in [1.82, 2.24) is 0 Å². The monoisotopic (exact) mass is 416 g/mol. The van der Waals surface area contributed by atoms with E-state index in [0.29, 0.717) is 39.6 Å². The number of rotatable bonds is 20. The first-order valence-electron chi connectivity index (χ1n) is 10.8. The highest BCUT2D eigenvalue weighted by Gasteiger charge is 2.12. The largest absolute Gasteiger partial charge is 0.391 e. The Morgan fingerprint density at radius 1 is 0.690 bits per heavy atom. The van der Waals surface area contributed by atoms with Crippen molar-refractivity contribution in [3.05, 3.63) is 24.8 Å². The molecule has 6 nitrogen and oxygen atoms in total. The van der Waals surface area contributed by atoms with Crippen molar-refractivity contribution in [3.8, 4) is 0 Å². The van der Waals surface area contributed by atoms with Crippen molar-refractivity contribution < 1.29 is 28.8 Å². The fourth-order valence-corrected chi connectivity index (χ4v) is 2.26. The van der Waals surface area contributed by atoms with Crippen LogP contribution >= 0.6 is 0 Å². The summed E-state index contributed by atoms with van der Waals surface area (Å²) in [4.78, 5) is 0. The van der Waals surface area contributed by atoms with Gasteiger partial charge in [-0.05, 0) is 53.9 Å². The minimum absolute atomic E-state index is 0.0165. The second-order valence-corrected chi connectivity index (χ2v) is 7.65. The van der Waals surface area contributed by atoms with Gasteiger partial charge in [0.25, 0.3) is 0 Å². The minimum atomic E-state index is -0.462. The number of hydrogen-bond acceptors (Lipinski definition) is 6. The Morgan fingerprint density at radius 3 is 1.66 bits per heavy atom. The number of ether oxygens (including phenoxy) is 5. The Hall–Kier alpha value is -0.760. The third kappa shape index (κ3) is 20.3. The van der Waals surface area contributed by atoms with E-state index in [1.807, 2.05) is 33.8 Å². The lowest BCUT2D eigenvalue weighted by Crippen LogP contribution is -2.29. The van der Waals surface area contributed by atoms with Gasteiger partial charge < -0.3 is 28.8 Å². The van der Waals surface area contributed by atoms with Crippen molar-refractivity contribution in [2.45, 2.75) is 84.4 Å². The molecule has 5 unspecified atom stereocenters. The van der Waals surface area contributed by atoms with Crippen molar-refractivity contribution in [2.24, 2.45) is 0 Å². The first-order valence-corrected chi connectivity index (χ1v) is 10.8. The van der Waals surface area contributed by atoms with Crippen molar-refractivity contribution >= 4 is 0 Å². The summed E-state index contributed by atoms with van der Waals surface area (Å²) >= 11 is 0. The molecule has 6 heteroatoms. The molecule has 0 aliphatic heterocycles. The summed E-state index contributed by atoms with van der Waals surface area (Å²) in [5.74, 6) is 0. The number of unbranched alkanes of at least 4 members (excludes halogenated alkanes) is 2. The molecule has 0 aromatic carbocycles. The van der Waals surface area contributed by atoms with Gasteiger partial charge in [0, 0.05) is 0 Å². The molecule has 0 aromatic rings. The van der Waals surface area contributed by atoms with Crippen LogP contribution in [0.3, 0.4) is 0 Å². The lowest BCUT2D eigenvalue weighted by Gasteiger charge is -2.21. The van der Waals surface area contributed by atoms with Crippen LogP contribution < -0.4 is 0 Å². The smallest absolute Gasteiger partial charge is 0.0781 e. The Bertz CT molecular complexity index is 399. The van der Waals surface area contributed by atoms with Gasteiger partial charge in [0.05, 0.1) is 70.2 Å². The van der Waals surface area contributed by atoms with Crippen molar-refractivity contribution in [2.75, 3.05) is 39.6 Å². The van der Waals surface area contributed by atoms with Gasteiger partial charge in [0.15, 0.2) is 0 Å². The summed E-state index contributed by atoms with van der Waals surface area (Å²) in [6, 6.07) is 0. The Balaban J connectivity index is 3.66. The molecule has 0 spiro atoms. The van der Waals surface area contributed by atoms with E-state index in [-0.39, 0.29) is 24.4 Å². The molecular formula is C23H44O6. The highest BCUT2D eigenvalue weighted by atomic mass is 16.6. The fourth-order valence-electron chi connectivity index (χ4n) is 2.26. The second-order valence-electron chi connectivity index (χ2n) is 7.65. The van der Waals surface area contributed by atoms with Gasteiger partial charge in [0.1, 0.15) is 0 Å². The van der Waals surface area contributed by atoms with Gasteiger partial charge in [-0.25, -0.2) is 0 Å². The molecule has 0 fully saturated rings. The van der Waals surface area contributed by atoms with Gasteiger partial charge in [-0.1, -0.05) is 18.2 Å². The van der Waals surface area contributed by atoms with Crippen LogP contribution in [-0.4, -0.2) is 75.3 Å². The van der Waals surface area contributed by atoms with E-state index < -0.39 is 6.10 Å². The van der Waals surface area contributed by atoms with E-state index in [0.717, 1.165) is 19.3 Å². The van der Waals surface area contributed by atoms with Gasteiger partial charge in [-0.15, -0.1) is 6.58 Å². The van der Waals surface area contributed by atoms with E-state index in [9.17, 15) is 5.11 Å². The summed E-state index contributed by atoms with van der Waals surface area (Å²) in [6.07, 6.45) is 8.85. The number of aliphatic hydroxyl groups excluding tert-OH is 1. The number of allylic oxidation sites excluding steroid dienone is 2. The maximum absolute atomic E-state index is 9.21. The Kier molecular flexibility index (Phi) is 18.7. The maximum Gasteiger partial charge on any atom is 0.0781 e. The van der Waals surface area contributed by atoms with Crippen molar-refractivity contribution in [1.29, 1.82) is 0 Å².